The van der Waals surface area contributed by atoms with E-state index in [2.05, 4.69) is 20.5 Å². The normalized spacial score (nSPS) is 12.1. The van der Waals surface area contributed by atoms with E-state index in [1.165, 1.54) is 0 Å². The molecule has 24 heavy (non-hydrogen) atoms. The Balaban J connectivity index is 1.56. The number of hydrogen-bond donors (Lipinski definition) is 1. The van der Waals surface area contributed by atoms with Gasteiger partial charge < -0.3 is 0 Å². The van der Waals surface area contributed by atoms with Crippen molar-refractivity contribution in [3.8, 4) is 0 Å². The van der Waals surface area contributed by atoms with Gasteiger partial charge in [-0.05, 0) is 5.56 Å². The molecule has 0 aliphatic heterocycles. The van der Waals surface area contributed by atoms with Gasteiger partial charge in [0, 0.05) is 6.20 Å². The molecule has 0 radical (unpaired) electrons. The van der Waals surface area contributed by atoms with Crippen molar-refractivity contribution in [2.75, 3.05) is 5.32 Å². The van der Waals surface area contributed by atoms with Crippen LogP contribution in [0.15, 0.2) is 49.1 Å². The van der Waals surface area contributed by atoms with Crippen molar-refractivity contribution in [2.45, 2.75) is 20.0 Å². The molecule has 1 atom stereocenters. The third kappa shape index (κ3) is 4.20. The van der Waals surface area contributed by atoms with Gasteiger partial charge in [0.1, 0.15) is 6.33 Å². The number of nitrogens with zero attached hydrogens (tertiary/aromatic N) is 5. The summed E-state index contributed by atoms with van der Waals surface area (Å²) in [6.45, 7) is 2.85. The van der Waals surface area contributed by atoms with Crippen LogP contribution in [0.1, 0.15) is 12.5 Å². The van der Waals surface area contributed by atoms with Gasteiger partial charge in [-0.15, -0.1) is 5.10 Å². The number of hydrogen-bond acceptors (Lipinski definition) is 4. The van der Waals surface area contributed by atoms with Crippen LogP contribution in [0.5, 0.6) is 0 Å². The third-order valence-corrected chi connectivity index (χ3v) is 3.66. The van der Waals surface area contributed by atoms with Gasteiger partial charge in [-0.1, -0.05) is 48.9 Å². The first kappa shape index (κ1) is 16.2. The highest BCUT2D eigenvalue weighted by molar-refractivity contribution is 6.30. The third-order valence-electron chi connectivity index (χ3n) is 3.47. The minimum absolute atomic E-state index is 0.168. The maximum Gasteiger partial charge on any atom is 0.248 e. The number of benzene rings is 1. The van der Waals surface area contributed by atoms with Crippen molar-refractivity contribution in [1.82, 2.24) is 24.5 Å². The van der Waals surface area contributed by atoms with Crippen LogP contribution in [0, 0.1) is 5.92 Å². The second-order valence-electron chi connectivity index (χ2n) is 5.52. The molecule has 8 heteroatoms. The molecule has 1 aromatic carbocycles. The Morgan fingerprint density at radius 1 is 1.29 bits per heavy atom. The van der Waals surface area contributed by atoms with Gasteiger partial charge in [0.25, 0.3) is 0 Å². The molecular formula is C16H17ClN6O. The first-order valence-corrected chi connectivity index (χ1v) is 7.90. The van der Waals surface area contributed by atoms with Crippen molar-refractivity contribution in [1.29, 1.82) is 0 Å². The molecule has 1 unspecified atom stereocenters. The van der Waals surface area contributed by atoms with Crippen molar-refractivity contribution < 1.29 is 4.79 Å². The van der Waals surface area contributed by atoms with E-state index in [1.807, 2.05) is 37.3 Å². The standard InChI is InChI=1S/C16H17ClN6O/c1-12(8-22-10-14(17)7-19-22)15(24)20-16-18-11-23(21-16)9-13-5-3-2-4-6-13/h2-7,10-12H,8-9H2,1H3,(H,20,21,24). The first-order chi connectivity index (χ1) is 11.6. The summed E-state index contributed by atoms with van der Waals surface area (Å²) >= 11 is 5.82. The van der Waals surface area contributed by atoms with Crippen LogP contribution in [-0.2, 0) is 17.9 Å². The number of aromatic nitrogens is 5. The van der Waals surface area contributed by atoms with Gasteiger partial charge in [0.15, 0.2) is 0 Å². The van der Waals surface area contributed by atoms with Crippen molar-refractivity contribution in [2.24, 2.45) is 5.92 Å². The van der Waals surface area contributed by atoms with E-state index >= 15 is 0 Å². The number of amides is 1. The van der Waals surface area contributed by atoms with Crippen LogP contribution in [0.4, 0.5) is 5.95 Å². The lowest BCUT2D eigenvalue weighted by Gasteiger charge is -2.10. The molecule has 3 rings (SSSR count). The molecule has 1 amide bonds. The van der Waals surface area contributed by atoms with Crippen LogP contribution in [0.3, 0.4) is 0 Å². The quantitative estimate of drug-likeness (QED) is 0.745. The van der Waals surface area contributed by atoms with Gasteiger partial charge in [-0.3, -0.25) is 14.8 Å². The monoisotopic (exact) mass is 344 g/mol. The second kappa shape index (κ2) is 7.27. The highest BCUT2D eigenvalue weighted by atomic mass is 35.5. The number of nitrogens with one attached hydrogen (secondary N) is 1. The minimum Gasteiger partial charge on any atom is -0.293 e. The largest absolute Gasteiger partial charge is 0.293 e. The SMILES string of the molecule is CC(Cn1cc(Cl)cn1)C(=O)Nc1ncn(Cc2ccccc2)n1. The Morgan fingerprint density at radius 3 is 2.79 bits per heavy atom. The lowest BCUT2D eigenvalue weighted by Crippen LogP contribution is -2.25. The van der Waals surface area contributed by atoms with Crippen molar-refractivity contribution >= 4 is 23.5 Å². The van der Waals surface area contributed by atoms with Gasteiger partial charge in [0.2, 0.25) is 11.9 Å². The highest BCUT2D eigenvalue weighted by Gasteiger charge is 2.16. The molecule has 0 aliphatic carbocycles. The summed E-state index contributed by atoms with van der Waals surface area (Å²) in [6.07, 6.45) is 4.82. The lowest BCUT2D eigenvalue weighted by molar-refractivity contribution is -0.119. The molecule has 0 aliphatic rings. The maximum absolute atomic E-state index is 12.2. The molecule has 7 nitrogen and oxygen atoms in total. The van der Waals surface area contributed by atoms with Crippen molar-refractivity contribution in [3.05, 3.63) is 59.6 Å². The van der Waals surface area contributed by atoms with Gasteiger partial charge in [0.05, 0.1) is 30.2 Å². The summed E-state index contributed by atoms with van der Waals surface area (Å²) in [6, 6.07) is 9.93. The minimum atomic E-state index is -0.290. The van der Waals surface area contributed by atoms with E-state index in [4.69, 9.17) is 11.6 Å². The van der Waals surface area contributed by atoms with E-state index in [0.717, 1.165) is 5.56 Å². The fraction of sp³-hybridized carbons (Fsp3) is 0.250. The van der Waals surface area contributed by atoms with Crippen LogP contribution in [0.25, 0.3) is 0 Å². The molecule has 0 fully saturated rings. The number of halogens is 1. The Kier molecular flexibility index (Phi) is 4.90. The fourth-order valence-electron chi connectivity index (χ4n) is 2.23. The zero-order chi connectivity index (χ0) is 16.9. The fourth-order valence-corrected chi connectivity index (χ4v) is 2.39. The van der Waals surface area contributed by atoms with E-state index in [1.54, 1.807) is 28.1 Å². The summed E-state index contributed by atoms with van der Waals surface area (Å²) in [7, 11) is 0. The summed E-state index contributed by atoms with van der Waals surface area (Å²) in [5.74, 6) is -0.164. The smallest absolute Gasteiger partial charge is 0.248 e. The number of carbonyl (C=O) groups is 1. The molecule has 1 N–H and O–H groups in total. The van der Waals surface area contributed by atoms with E-state index in [9.17, 15) is 4.79 Å². The molecule has 124 valence electrons. The molecule has 2 aromatic heterocycles. The zero-order valence-electron chi connectivity index (χ0n) is 13.1. The van der Waals surface area contributed by atoms with Gasteiger partial charge in [-0.25, -0.2) is 9.67 Å². The Bertz CT molecular complexity index is 813. The number of rotatable bonds is 6. The first-order valence-electron chi connectivity index (χ1n) is 7.52. The summed E-state index contributed by atoms with van der Waals surface area (Å²) in [5.41, 5.74) is 1.12. The Hall–Kier alpha value is -2.67. The van der Waals surface area contributed by atoms with Crippen LogP contribution >= 0.6 is 11.6 Å². The molecule has 0 saturated heterocycles. The molecular weight excluding hydrogens is 328 g/mol. The molecule has 2 heterocycles. The van der Waals surface area contributed by atoms with Crippen LogP contribution in [-0.4, -0.2) is 30.5 Å². The number of anilines is 1. The molecule has 3 aromatic rings. The lowest BCUT2D eigenvalue weighted by atomic mass is 10.1. The van der Waals surface area contributed by atoms with Crippen molar-refractivity contribution in [3.63, 3.8) is 0 Å². The molecule has 0 bridgehead atoms. The van der Waals surface area contributed by atoms with E-state index in [0.29, 0.717) is 24.1 Å². The average molecular weight is 345 g/mol. The predicted octanol–water partition coefficient (Wildman–Crippen LogP) is 2.45. The predicted molar refractivity (Wildman–Crippen MR) is 90.6 cm³/mol. The summed E-state index contributed by atoms with van der Waals surface area (Å²) < 4.78 is 3.32. The van der Waals surface area contributed by atoms with Crippen LogP contribution < -0.4 is 5.32 Å². The summed E-state index contributed by atoms with van der Waals surface area (Å²) in [4.78, 5) is 16.3. The second-order valence-corrected chi connectivity index (χ2v) is 5.96. The Labute approximate surface area is 144 Å². The summed E-state index contributed by atoms with van der Waals surface area (Å²) in [5, 5.41) is 11.6. The zero-order valence-corrected chi connectivity index (χ0v) is 13.9. The highest BCUT2D eigenvalue weighted by Crippen LogP contribution is 2.09. The van der Waals surface area contributed by atoms with Gasteiger partial charge in [-0.2, -0.15) is 5.10 Å². The van der Waals surface area contributed by atoms with E-state index in [-0.39, 0.29) is 11.8 Å². The van der Waals surface area contributed by atoms with Gasteiger partial charge >= 0.3 is 0 Å². The topological polar surface area (TPSA) is 77.6 Å². The maximum atomic E-state index is 12.2. The van der Waals surface area contributed by atoms with E-state index < -0.39 is 0 Å². The average Bonchev–Trinajstić information content (AvgIpc) is 3.17. The Morgan fingerprint density at radius 2 is 2.08 bits per heavy atom. The molecule has 0 spiro atoms. The number of carbonyl (C=O) groups excluding carboxylic acids is 1. The molecule has 0 saturated carbocycles. The van der Waals surface area contributed by atoms with Crippen LogP contribution in [0.2, 0.25) is 5.02 Å².